The van der Waals surface area contributed by atoms with E-state index in [2.05, 4.69) is 47.4 Å². The van der Waals surface area contributed by atoms with Crippen molar-refractivity contribution in [2.45, 2.75) is 95.5 Å². The Morgan fingerprint density at radius 2 is 1.42 bits per heavy atom. The van der Waals surface area contributed by atoms with Crippen LogP contribution in [-0.4, -0.2) is 86.4 Å². The summed E-state index contributed by atoms with van der Waals surface area (Å²) in [6, 6.07) is 34.3. The average Bonchev–Trinajstić information content (AvgIpc) is 4.01. The van der Waals surface area contributed by atoms with E-state index in [4.69, 9.17) is 29.3 Å². The Morgan fingerprint density at radius 1 is 0.831 bits per heavy atom. The molecule has 5 aromatic carbocycles. The Kier molecular flexibility index (Phi) is 10.8. The maximum Gasteiger partial charge on any atom is 0.410 e. The highest BCUT2D eigenvalue weighted by molar-refractivity contribution is 6.06. The van der Waals surface area contributed by atoms with Gasteiger partial charge in [0, 0.05) is 54.4 Å². The standard InChI is InChI=1S/C53H55FN6O5/c1-32(63-6)31-64-50-55-47-41(49(56-50)58-28-38-24-25-39(29-58)60(38)51(62)65-52(3,4)5)26-40(34-22-23-34)46(48(47)61)45-33(2)43(54)27-44-42(45)30-59(57-44)53(35-16-10-7-11-17-35,36-18-12-8-13-19-36)37-20-14-9-15-21-37/h7-21,26-27,30,32,34,38-39,61H,22-25,28-29,31H2,1-6H3/t32-,38?,39?/m0/s1. The summed E-state index contributed by atoms with van der Waals surface area (Å²) < 4.78 is 36.2. The zero-order valence-electron chi connectivity index (χ0n) is 37.8. The minimum absolute atomic E-state index is 0.0729. The van der Waals surface area contributed by atoms with E-state index < -0.39 is 17.0 Å². The number of ether oxygens (including phenoxy) is 3. The maximum absolute atomic E-state index is 16.7. The molecule has 12 heteroatoms. The van der Waals surface area contributed by atoms with E-state index in [1.807, 2.05) is 98.1 Å². The van der Waals surface area contributed by atoms with Gasteiger partial charge < -0.3 is 24.2 Å². The van der Waals surface area contributed by atoms with Crippen LogP contribution in [0.15, 0.2) is 109 Å². The molecule has 2 unspecified atom stereocenters. The van der Waals surface area contributed by atoms with E-state index in [1.165, 1.54) is 6.07 Å². The molecule has 3 fully saturated rings. The molecular formula is C53H55FN6O5. The lowest BCUT2D eigenvalue weighted by Crippen LogP contribution is -2.57. The smallest absolute Gasteiger partial charge is 0.410 e. The number of amides is 1. The van der Waals surface area contributed by atoms with Crippen LogP contribution in [-0.2, 0) is 15.0 Å². The highest BCUT2D eigenvalue weighted by Gasteiger charge is 2.46. The number of carbonyl (C=O) groups is 1. The lowest BCUT2D eigenvalue weighted by molar-refractivity contribution is 0.0122. The number of aromatic hydroxyl groups is 1. The molecule has 3 aliphatic rings. The van der Waals surface area contributed by atoms with E-state index >= 15 is 4.39 Å². The highest BCUT2D eigenvalue weighted by atomic mass is 19.1. The number of rotatable bonds is 11. The summed E-state index contributed by atoms with van der Waals surface area (Å²) >= 11 is 0. The zero-order chi connectivity index (χ0) is 45.2. The number of fused-ring (bicyclic) bond motifs is 4. The molecule has 11 nitrogen and oxygen atoms in total. The molecule has 1 amide bonds. The second-order valence-electron chi connectivity index (χ2n) is 18.9. The van der Waals surface area contributed by atoms with Crippen molar-refractivity contribution in [3.63, 3.8) is 0 Å². The Labute approximate surface area is 378 Å². The second-order valence-corrected chi connectivity index (χ2v) is 18.9. The minimum Gasteiger partial charge on any atom is -0.505 e. The van der Waals surface area contributed by atoms with Gasteiger partial charge in [-0.15, -0.1) is 0 Å². The molecule has 10 rings (SSSR count). The molecule has 4 heterocycles. The van der Waals surface area contributed by atoms with E-state index in [9.17, 15) is 9.90 Å². The third kappa shape index (κ3) is 7.51. The summed E-state index contributed by atoms with van der Waals surface area (Å²) in [5, 5.41) is 19.6. The number of halogens is 1. The largest absolute Gasteiger partial charge is 0.505 e. The van der Waals surface area contributed by atoms with Crippen molar-refractivity contribution in [2.24, 2.45) is 0 Å². The average molecular weight is 875 g/mol. The Bertz CT molecular complexity index is 2790. The molecule has 2 aliphatic heterocycles. The number of carbonyl (C=O) groups excluding carboxylic acids is 1. The third-order valence-electron chi connectivity index (χ3n) is 13.4. The van der Waals surface area contributed by atoms with Crippen LogP contribution in [0.5, 0.6) is 11.8 Å². The molecule has 0 spiro atoms. The molecule has 1 N–H and O–H groups in total. The second kappa shape index (κ2) is 16.5. The van der Waals surface area contributed by atoms with Crippen molar-refractivity contribution in [2.75, 3.05) is 31.7 Å². The monoisotopic (exact) mass is 874 g/mol. The summed E-state index contributed by atoms with van der Waals surface area (Å²) in [6.07, 6.45) is 4.96. The summed E-state index contributed by atoms with van der Waals surface area (Å²) in [5.74, 6) is 0.239. The third-order valence-corrected chi connectivity index (χ3v) is 13.4. The van der Waals surface area contributed by atoms with Crippen LogP contribution < -0.4 is 9.64 Å². The fourth-order valence-corrected chi connectivity index (χ4v) is 10.1. The number of aromatic nitrogens is 4. The van der Waals surface area contributed by atoms with E-state index in [-0.39, 0.29) is 48.6 Å². The molecule has 1 saturated carbocycles. The van der Waals surface area contributed by atoms with Crippen LogP contribution >= 0.6 is 0 Å². The number of phenolic OH excluding ortho intramolecular Hbond substituents is 1. The molecule has 2 bridgehead atoms. The van der Waals surface area contributed by atoms with E-state index in [0.29, 0.717) is 57.4 Å². The first kappa shape index (κ1) is 42.4. The first-order valence-corrected chi connectivity index (χ1v) is 22.7. The SMILES string of the molecule is CO[C@@H](C)COc1nc(N2CC3CCC(C2)N3C(=O)OC(C)(C)C)c2cc(C3CC3)c(-c3c(C)c(F)cc4nn(C(c5ccccc5)(c5ccccc5)c5ccccc5)cc34)c(O)c2n1. The van der Waals surface area contributed by atoms with E-state index in [1.54, 1.807) is 14.0 Å². The Morgan fingerprint density at radius 3 is 1.95 bits per heavy atom. The Hall–Kier alpha value is -6.53. The van der Waals surface area contributed by atoms with Crippen LogP contribution in [0.25, 0.3) is 32.9 Å². The lowest BCUT2D eigenvalue weighted by Gasteiger charge is -2.42. The van der Waals surface area contributed by atoms with Gasteiger partial charge in [-0.25, -0.2) is 9.18 Å². The summed E-state index contributed by atoms with van der Waals surface area (Å²) in [4.78, 5) is 27.5. The quantitative estimate of drug-likeness (QED) is 0.127. The number of anilines is 1. The van der Waals surface area contributed by atoms with Gasteiger partial charge in [0.15, 0.2) is 0 Å². The van der Waals surface area contributed by atoms with Gasteiger partial charge in [-0.3, -0.25) is 9.58 Å². The number of nitrogens with zero attached hydrogens (tertiary/aromatic N) is 6. The van der Waals surface area contributed by atoms with Gasteiger partial charge in [-0.2, -0.15) is 15.1 Å². The normalized spacial score (nSPS) is 18.1. The molecule has 7 aromatic rings. The highest BCUT2D eigenvalue weighted by Crippen LogP contribution is 2.53. The van der Waals surface area contributed by atoms with Crippen molar-refractivity contribution in [3.05, 3.63) is 143 Å². The van der Waals surface area contributed by atoms with E-state index in [0.717, 1.165) is 47.9 Å². The number of benzene rings is 5. The number of piperazine rings is 1. The van der Waals surface area contributed by atoms with Crippen LogP contribution in [0.4, 0.5) is 15.0 Å². The lowest BCUT2D eigenvalue weighted by atomic mass is 9.77. The molecule has 2 aromatic heterocycles. The van der Waals surface area contributed by atoms with Crippen LogP contribution in [0, 0.1) is 12.7 Å². The molecule has 2 saturated heterocycles. The number of hydrogen-bond acceptors (Lipinski definition) is 9. The first-order valence-electron chi connectivity index (χ1n) is 22.7. The van der Waals surface area contributed by atoms with Gasteiger partial charge in [0.2, 0.25) is 0 Å². The van der Waals surface area contributed by atoms with Crippen molar-refractivity contribution in [3.8, 4) is 22.9 Å². The molecular weight excluding hydrogens is 820 g/mol. The van der Waals surface area contributed by atoms with Crippen molar-refractivity contribution in [1.82, 2.24) is 24.6 Å². The van der Waals surface area contributed by atoms with Crippen molar-refractivity contribution in [1.29, 1.82) is 0 Å². The molecule has 3 atom stereocenters. The Balaban J connectivity index is 1.18. The van der Waals surface area contributed by atoms with Crippen molar-refractivity contribution < 1.29 is 28.5 Å². The summed E-state index contributed by atoms with van der Waals surface area (Å²) in [6.45, 7) is 10.5. The van der Waals surface area contributed by atoms with Crippen LogP contribution in [0.3, 0.4) is 0 Å². The summed E-state index contributed by atoms with van der Waals surface area (Å²) in [5.41, 5.74) is 4.53. The topological polar surface area (TPSA) is 115 Å². The molecule has 65 heavy (non-hydrogen) atoms. The van der Waals surface area contributed by atoms with Crippen molar-refractivity contribution >= 4 is 33.7 Å². The molecule has 1 aliphatic carbocycles. The molecule has 0 radical (unpaired) electrons. The van der Waals surface area contributed by atoms with Gasteiger partial charge in [-0.1, -0.05) is 91.0 Å². The van der Waals surface area contributed by atoms with Gasteiger partial charge in [0.1, 0.15) is 40.6 Å². The zero-order valence-corrected chi connectivity index (χ0v) is 37.8. The fourth-order valence-electron chi connectivity index (χ4n) is 10.1. The predicted octanol–water partition coefficient (Wildman–Crippen LogP) is 10.5. The number of methoxy groups -OCH3 is 1. The van der Waals surface area contributed by atoms with Gasteiger partial charge in [0.25, 0.3) is 0 Å². The van der Waals surface area contributed by atoms with Crippen LogP contribution in [0.1, 0.15) is 87.1 Å². The number of phenols is 1. The van der Waals surface area contributed by atoms with Crippen LogP contribution in [0.2, 0.25) is 0 Å². The van der Waals surface area contributed by atoms with Gasteiger partial charge in [-0.05, 0) is 100 Å². The maximum atomic E-state index is 16.7. The first-order chi connectivity index (χ1) is 31.3. The van der Waals surface area contributed by atoms with Gasteiger partial charge >= 0.3 is 12.1 Å². The molecule has 334 valence electrons. The minimum atomic E-state index is -0.949. The summed E-state index contributed by atoms with van der Waals surface area (Å²) in [7, 11) is 1.62. The number of hydrogen-bond donors (Lipinski definition) is 1. The predicted molar refractivity (Wildman–Crippen MR) is 250 cm³/mol. The fraction of sp³-hybridized carbons (Fsp3) is 0.358. The van der Waals surface area contributed by atoms with Gasteiger partial charge in [0.05, 0.1) is 23.7 Å².